The van der Waals surface area contributed by atoms with Crippen molar-refractivity contribution in [1.29, 1.82) is 5.26 Å². The summed E-state index contributed by atoms with van der Waals surface area (Å²) in [5, 5.41) is 12.6. The van der Waals surface area contributed by atoms with E-state index in [1.54, 1.807) is 42.5 Å². The minimum Gasteiger partial charge on any atom is -0.489 e. The molecule has 2 aromatic rings. The molecule has 0 aliphatic rings. The second-order valence-electron chi connectivity index (χ2n) is 5.22. The molecular formula is C20H17ClN2O2. The summed E-state index contributed by atoms with van der Waals surface area (Å²) in [5.41, 5.74) is 2.02. The Morgan fingerprint density at radius 3 is 2.84 bits per heavy atom. The molecule has 0 radical (unpaired) electrons. The zero-order chi connectivity index (χ0) is 18.2. The number of carbonyl (C=O) groups is 1. The van der Waals surface area contributed by atoms with Crippen LogP contribution >= 0.6 is 11.6 Å². The van der Waals surface area contributed by atoms with Gasteiger partial charge in [0, 0.05) is 16.3 Å². The van der Waals surface area contributed by atoms with Crippen LogP contribution < -0.4 is 10.1 Å². The molecule has 5 heteroatoms. The summed E-state index contributed by atoms with van der Waals surface area (Å²) in [6.45, 7) is 5.79. The van der Waals surface area contributed by atoms with Gasteiger partial charge >= 0.3 is 0 Å². The van der Waals surface area contributed by atoms with Gasteiger partial charge in [0.15, 0.2) is 0 Å². The fraction of sp³-hybridized carbons (Fsp3) is 0.100. The molecule has 0 aliphatic heterocycles. The SMILES string of the molecule is C=CCOc1ccccc1/C=C(\C#N)C(=O)Nc1cc(Cl)ccc1C. The summed E-state index contributed by atoms with van der Waals surface area (Å²) in [5.74, 6) is 0.0632. The van der Waals surface area contributed by atoms with Gasteiger partial charge in [-0.1, -0.05) is 48.5 Å². The Labute approximate surface area is 152 Å². The van der Waals surface area contributed by atoms with Crippen molar-refractivity contribution in [2.45, 2.75) is 6.92 Å². The third-order valence-corrected chi connectivity index (χ3v) is 3.62. The van der Waals surface area contributed by atoms with E-state index in [4.69, 9.17) is 16.3 Å². The minimum absolute atomic E-state index is 0.0333. The number of ether oxygens (including phenoxy) is 1. The first-order valence-corrected chi connectivity index (χ1v) is 7.95. The topological polar surface area (TPSA) is 62.1 Å². The Morgan fingerprint density at radius 2 is 2.12 bits per heavy atom. The molecule has 0 heterocycles. The molecule has 0 saturated carbocycles. The maximum absolute atomic E-state index is 12.4. The average Bonchev–Trinajstić information content (AvgIpc) is 2.61. The van der Waals surface area contributed by atoms with Crippen LogP contribution in [-0.2, 0) is 4.79 Å². The quantitative estimate of drug-likeness (QED) is 0.463. The van der Waals surface area contributed by atoms with Crippen LogP contribution in [0.2, 0.25) is 5.02 Å². The lowest BCUT2D eigenvalue weighted by Gasteiger charge is -2.09. The lowest BCUT2D eigenvalue weighted by Crippen LogP contribution is -2.14. The second kappa shape index (κ2) is 8.72. The molecule has 0 aliphatic carbocycles. The number of hydrogen-bond acceptors (Lipinski definition) is 3. The third-order valence-electron chi connectivity index (χ3n) is 3.39. The minimum atomic E-state index is -0.508. The predicted octanol–water partition coefficient (Wildman–Crippen LogP) is 4.76. The van der Waals surface area contributed by atoms with Gasteiger partial charge in [0.1, 0.15) is 24.0 Å². The molecule has 0 aromatic heterocycles. The van der Waals surface area contributed by atoms with Crippen molar-refractivity contribution in [3.8, 4) is 11.8 Å². The molecule has 0 atom stereocenters. The third kappa shape index (κ3) is 4.97. The van der Waals surface area contributed by atoms with E-state index in [1.807, 2.05) is 19.1 Å². The van der Waals surface area contributed by atoms with Crippen LogP contribution in [0.25, 0.3) is 6.08 Å². The lowest BCUT2D eigenvalue weighted by molar-refractivity contribution is -0.112. The van der Waals surface area contributed by atoms with Gasteiger partial charge in [-0.05, 0) is 36.8 Å². The average molecular weight is 353 g/mol. The van der Waals surface area contributed by atoms with Crippen molar-refractivity contribution < 1.29 is 9.53 Å². The molecule has 0 unspecified atom stereocenters. The Morgan fingerprint density at radius 1 is 1.36 bits per heavy atom. The van der Waals surface area contributed by atoms with E-state index in [0.29, 0.717) is 28.6 Å². The van der Waals surface area contributed by atoms with Crippen LogP contribution in [0.4, 0.5) is 5.69 Å². The van der Waals surface area contributed by atoms with Crippen molar-refractivity contribution in [1.82, 2.24) is 0 Å². The summed E-state index contributed by atoms with van der Waals surface area (Å²) in [6, 6.07) is 14.3. The molecule has 2 aromatic carbocycles. The molecule has 0 spiro atoms. The maximum atomic E-state index is 12.4. The highest BCUT2D eigenvalue weighted by Crippen LogP contribution is 2.23. The van der Waals surface area contributed by atoms with Gasteiger partial charge in [0.25, 0.3) is 5.91 Å². The number of aryl methyl sites for hydroxylation is 1. The molecule has 1 amide bonds. The highest BCUT2D eigenvalue weighted by atomic mass is 35.5. The molecule has 4 nitrogen and oxygen atoms in total. The number of nitrogens with zero attached hydrogens (tertiary/aromatic N) is 1. The number of benzene rings is 2. The fourth-order valence-electron chi connectivity index (χ4n) is 2.10. The smallest absolute Gasteiger partial charge is 0.266 e. The van der Waals surface area contributed by atoms with Crippen molar-refractivity contribution in [2.24, 2.45) is 0 Å². The van der Waals surface area contributed by atoms with Gasteiger partial charge in [-0.3, -0.25) is 4.79 Å². The molecule has 2 rings (SSSR count). The molecule has 126 valence electrons. The first kappa shape index (κ1) is 18.3. The summed E-state index contributed by atoms with van der Waals surface area (Å²) in [4.78, 5) is 12.4. The highest BCUT2D eigenvalue weighted by molar-refractivity contribution is 6.31. The van der Waals surface area contributed by atoms with Gasteiger partial charge in [-0.25, -0.2) is 0 Å². The number of nitrogens with one attached hydrogen (secondary N) is 1. The van der Waals surface area contributed by atoms with Crippen molar-refractivity contribution >= 4 is 29.3 Å². The van der Waals surface area contributed by atoms with Gasteiger partial charge in [0.2, 0.25) is 0 Å². The van der Waals surface area contributed by atoms with E-state index in [-0.39, 0.29) is 5.57 Å². The molecule has 0 saturated heterocycles. The van der Waals surface area contributed by atoms with Crippen LogP contribution in [-0.4, -0.2) is 12.5 Å². The second-order valence-corrected chi connectivity index (χ2v) is 5.66. The maximum Gasteiger partial charge on any atom is 0.266 e. The summed E-state index contributed by atoms with van der Waals surface area (Å²) in [6.07, 6.45) is 3.12. The van der Waals surface area contributed by atoms with E-state index in [9.17, 15) is 10.1 Å². The number of rotatable bonds is 6. The van der Waals surface area contributed by atoms with E-state index in [0.717, 1.165) is 5.56 Å². The van der Waals surface area contributed by atoms with Crippen LogP contribution in [0.5, 0.6) is 5.75 Å². The monoisotopic (exact) mass is 352 g/mol. The van der Waals surface area contributed by atoms with E-state index >= 15 is 0 Å². The zero-order valence-corrected chi connectivity index (χ0v) is 14.5. The predicted molar refractivity (Wildman–Crippen MR) is 101 cm³/mol. The number of nitriles is 1. The number of halogens is 1. The van der Waals surface area contributed by atoms with Gasteiger partial charge < -0.3 is 10.1 Å². The van der Waals surface area contributed by atoms with Crippen LogP contribution in [0.3, 0.4) is 0 Å². The first-order chi connectivity index (χ1) is 12.0. The number of carbonyl (C=O) groups excluding carboxylic acids is 1. The van der Waals surface area contributed by atoms with E-state index in [1.165, 1.54) is 6.08 Å². The van der Waals surface area contributed by atoms with Gasteiger partial charge in [-0.15, -0.1) is 0 Å². The molecule has 25 heavy (non-hydrogen) atoms. The molecule has 1 N–H and O–H groups in total. The van der Waals surface area contributed by atoms with Crippen molar-refractivity contribution in [3.05, 3.63) is 76.8 Å². The Hall–Kier alpha value is -3.03. The van der Waals surface area contributed by atoms with Crippen molar-refractivity contribution in [3.63, 3.8) is 0 Å². The van der Waals surface area contributed by atoms with Gasteiger partial charge in [0.05, 0.1) is 0 Å². The number of amides is 1. The normalized spacial score (nSPS) is 10.7. The molecule has 0 bridgehead atoms. The molecule has 0 fully saturated rings. The number of anilines is 1. The standard InChI is InChI=1S/C20H17ClN2O2/c1-3-10-25-19-7-5-4-6-15(19)11-16(13-22)20(24)23-18-12-17(21)9-8-14(18)2/h3-9,11-12H,1,10H2,2H3,(H,23,24)/b16-11+. The van der Waals surface area contributed by atoms with Gasteiger partial charge in [-0.2, -0.15) is 5.26 Å². The largest absolute Gasteiger partial charge is 0.489 e. The fourth-order valence-corrected chi connectivity index (χ4v) is 2.27. The summed E-state index contributed by atoms with van der Waals surface area (Å²) >= 11 is 5.96. The van der Waals surface area contributed by atoms with E-state index < -0.39 is 5.91 Å². The van der Waals surface area contributed by atoms with Crippen LogP contribution in [0, 0.1) is 18.3 Å². The van der Waals surface area contributed by atoms with Crippen LogP contribution in [0.15, 0.2) is 60.7 Å². The molecular weight excluding hydrogens is 336 g/mol. The number of hydrogen-bond donors (Lipinski definition) is 1. The summed E-state index contributed by atoms with van der Waals surface area (Å²) in [7, 11) is 0. The zero-order valence-electron chi connectivity index (χ0n) is 13.8. The number of para-hydroxylation sites is 1. The van der Waals surface area contributed by atoms with Crippen LogP contribution in [0.1, 0.15) is 11.1 Å². The highest BCUT2D eigenvalue weighted by Gasteiger charge is 2.12. The lowest BCUT2D eigenvalue weighted by atomic mass is 10.1. The summed E-state index contributed by atoms with van der Waals surface area (Å²) < 4.78 is 5.54. The van der Waals surface area contributed by atoms with E-state index in [2.05, 4.69) is 11.9 Å². The Kier molecular flexibility index (Phi) is 6.39. The Bertz CT molecular complexity index is 866. The first-order valence-electron chi connectivity index (χ1n) is 7.57. The van der Waals surface area contributed by atoms with Crippen molar-refractivity contribution in [2.75, 3.05) is 11.9 Å². The Balaban J connectivity index is 2.28.